The first-order chi connectivity index (χ1) is 10.7. The van der Waals surface area contributed by atoms with E-state index in [4.69, 9.17) is 0 Å². The van der Waals surface area contributed by atoms with Gasteiger partial charge in [0.25, 0.3) is 0 Å². The SMILES string of the molecule is CCCCNC(=NCc1ccsc1)NCc1nnc(C)n1C.I. The van der Waals surface area contributed by atoms with Crippen molar-refractivity contribution >= 4 is 41.3 Å². The van der Waals surface area contributed by atoms with Crippen molar-refractivity contribution in [3.63, 3.8) is 0 Å². The summed E-state index contributed by atoms with van der Waals surface area (Å²) in [5.41, 5.74) is 1.23. The fraction of sp³-hybridized carbons (Fsp3) is 0.533. The minimum atomic E-state index is 0. The fourth-order valence-electron chi connectivity index (χ4n) is 1.88. The molecule has 23 heavy (non-hydrogen) atoms. The van der Waals surface area contributed by atoms with Gasteiger partial charge in [-0.25, -0.2) is 4.99 Å². The monoisotopic (exact) mass is 448 g/mol. The average molecular weight is 448 g/mol. The number of nitrogens with one attached hydrogen (secondary N) is 2. The number of hydrogen-bond donors (Lipinski definition) is 2. The summed E-state index contributed by atoms with van der Waals surface area (Å²) in [5.74, 6) is 2.63. The number of aromatic nitrogens is 3. The molecule has 0 atom stereocenters. The summed E-state index contributed by atoms with van der Waals surface area (Å²) in [7, 11) is 1.97. The second-order valence-corrected chi connectivity index (χ2v) is 5.93. The number of guanidine groups is 1. The molecule has 0 aliphatic carbocycles. The van der Waals surface area contributed by atoms with Crippen LogP contribution in [0.2, 0.25) is 0 Å². The fourth-order valence-corrected chi connectivity index (χ4v) is 2.54. The molecular weight excluding hydrogens is 423 g/mol. The highest BCUT2D eigenvalue weighted by Crippen LogP contribution is 2.06. The molecule has 0 amide bonds. The molecule has 0 fully saturated rings. The van der Waals surface area contributed by atoms with Gasteiger partial charge in [-0.3, -0.25) is 0 Å². The van der Waals surface area contributed by atoms with E-state index in [1.807, 2.05) is 18.5 Å². The van der Waals surface area contributed by atoms with Crippen LogP contribution < -0.4 is 10.6 Å². The number of unbranched alkanes of at least 4 members (excludes halogenated alkanes) is 1. The van der Waals surface area contributed by atoms with Gasteiger partial charge in [-0.1, -0.05) is 13.3 Å². The van der Waals surface area contributed by atoms with Crippen LogP contribution in [-0.4, -0.2) is 27.3 Å². The van der Waals surface area contributed by atoms with Gasteiger partial charge in [-0.05, 0) is 35.7 Å². The molecule has 2 aromatic rings. The molecule has 2 rings (SSSR count). The molecule has 0 spiro atoms. The molecule has 2 aromatic heterocycles. The lowest BCUT2D eigenvalue weighted by Crippen LogP contribution is -2.38. The first-order valence-corrected chi connectivity index (χ1v) is 8.53. The Labute approximate surface area is 158 Å². The third kappa shape index (κ3) is 6.46. The maximum absolute atomic E-state index is 4.63. The van der Waals surface area contributed by atoms with Gasteiger partial charge in [0, 0.05) is 13.6 Å². The van der Waals surface area contributed by atoms with Crippen LogP contribution in [0.4, 0.5) is 0 Å². The van der Waals surface area contributed by atoms with Crippen molar-refractivity contribution in [2.45, 2.75) is 39.8 Å². The van der Waals surface area contributed by atoms with E-state index in [2.05, 4.69) is 49.6 Å². The van der Waals surface area contributed by atoms with E-state index in [9.17, 15) is 0 Å². The number of aliphatic imine (C=N–C) groups is 1. The molecule has 6 nitrogen and oxygen atoms in total. The zero-order valence-corrected chi connectivity index (χ0v) is 17.0. The van der Waals surface area contributed by atoms with Crippen LogP contribution >= 0.6 is 35.3 Å². The van der Waals surface area contributed by atoms with Crippen LogP contribution in [0.15, 0.2) is 21.8 Å². The van der Waals surface area contributed by atoms with Gasteiger partial charge < -0.3 is 15.2 Å². The van der Waals surface area contributed by atoms with E-state index in [1.54, 1.807) is 11.3 Å². The van der Waals surface area contributed by atoms with E-state index in [0.717, 1.165) is 37.0 Å². The molecule has 0 radical (unpaired) electrons. The highest BCUT2D eigenvalue weighted by molar-refractivity contribution is 14.0. The number of hydrogen-bond acceptors (Lipinski definition) is 4. The Morgan fingerprint density at radius 1 is 1.35 bits per heavy atom. The third-order valence-electron chi connectivity index (χ3n) is 3.42. The topological polar surface area (TPSA) is 67.1 Å². The lowest BCUT2D eigenvalue weighted by atomic mass is 10.3. The Kier molecular flexibility index (Phi) is 9.15. The van der Waals surface area contributed by atoms with Crippen LogP contribution in [0.25, 0.3) is 0 Å². The van der Waals surface area contributed by atoms with Crippen molar-refractivity contribution in [2.75, 3.05) is 6.54 Å². The predicted molar refractivity (Wildman–Crippen MR) is 106 cm³/mol. The van der Waals surface area contributed by atoms with Crippen LogP contribution in [-0.2, 0) is 20.1 Å². The van der Waals surface area contributed by atoms with Crippen molar-refractivity contribution in [2.24, 2.45) is 12.0 Å². The summed E-state index contributed by atoms with van der Waals surface area (Å²) in [6.45, 7) is 6.34. The molecular formula is C15H25IN6S. The Morgan fingerprint density at radius 3 is 2.78 bits per heavy atom. The lowest BCUT2D eigenvalue weighted by Gasteiger charge is -2.12. The van der Waals surface area contributed by atoms with Gasteiger partial charge >= 0.3 is 0 Å². The van der Waals surface area contributed by atoms with Crippen LogP contribution in [0.3, 0.4) is 0 Å². The molecule has 2 N–H and O–H groups in total. The summed E-state index contributed by atoms with van der Waals surface area (Å²) >= 11 is 1.70. The van der Waals surface area contributed by atoms with Gasteiger partial charge in [0.1, 0.15) is 5.82 Å². The van der Waals surface area contributed by atoms with Crippen LogP contribution in [0.1, 0.15) is 37.0 Å². The van der Waals surface area contributed by atoms with Crippen LogP contribution in [0, 0.1) is 6.92 Å². The van der Waals surface area contributed by atoms with E-state index < -0.39 is 0 Å². The second-order valence-electron chi connectivity index (χ2n) is 5.15. The molecule has 8 heteroatoms. The standard InChI is InChI=1S/C15H24N6S.HI/c1-4-5-7-16-15(17-9-13-6-8-22-11-13)18-10-14-20-19-12(2)21(14)3;/h6,8,11H,4-5,7,9-10H2,1-3H3,(H2,16,17,18);1H. The Balaban J connectivity index is 0.00000264. The van der Waals surface area contributed by atoms with Crippen molar-refractivity contribution in [3.8, 4) is 0 Å². The first kappa shape index (κ1) is 19.9. The number of aryl methyl sites for hydroxylation is 1. The van der Waals surface area contributed by atoms with Crippen molar-refractivity contribution in [1.82, 2.24) is 25.4 Å². The first-order valence-electron chi connectivity index (χ1n) is 7.58. The van der Waals surface area contributed by atoms with Gasteiger partial charge in [0.2, 0.25) is 0 Å². The van der Waals surface area contributed by atoms with Crippen LogP contribution in [0.5, 0.6) is 0 Å². The average Bonchev–Trinajstić information content (AvgIpc) is 3.14. The second kappa shape index (κ2) is 10.6. The highest BCUT2D eigenvalue weighted by Gasteiger charge is 2.06. The van der Waals surface area contributed by atoms with Gasteiger partial charge in [0.05, 0.1) is 13.1 Å². The minimum Gasteiger partial charge on any atom is -0.356 e. The molecule has 0 saturated heterocycles. The summed E-state index contributed by atoms with van der Waals surface area (Å²) in [6, 6.07) is 2.10. The van der Waals surface area contributed by atoms with E-state index >= 15 is 0 Å². The molecule has 0 aliphatic heterocycles. The Bertz CT molecular complexity index is 593. The normalized spacial score (nSPS) is 11.2. The minimum absolute atomic E-state index is 0. The van der Waals surface area contributed by atoms with Crippen molar-refractivity contribution in [1.29, 1.82) is 0 Å². The predicted octanol–water partition coefficient (Wildman–Crippen LogP) is 2.84. The largest absolute Gasteiger partial charge is 0.356 e. The van der Waals surface area contributed by atoms with E-state index in [1.165, 1.54) is 5.56 Å². The van der Waals surface area contributed by atoms with Gasteiger partial charge in [-0.15, -0.1) is 34.2 Å². The molecule has 0 unspecified atom stereocenters. The zero-order valence-electron chi connectivity index (χ0n) is 13.9. The van der Waals surface area contributed by atoms with Crippen molar-refractivity contribution in [3.05, 3.63) is 34.0 Å². The summed E-state index contributed by atoms with van der Waals surface area (Å²) in [5, 5.41) is 19.1. The summed E-state index contributed by atoms with van der Waals surface area (Å²) < 4.78 is 1.98. The Hall–Kier alpha value is -1.16. The summed E-state index contributed by atoms with van der Waals surface area (Å²) in [6.07, 6.45) is 2.29. The summed E-state index contributed by atoms with van der Waals surface area (Å²) in [4.78, 5) is 4.63. The zero-order chi connectivity index (χ0) is 15.8. The number of nitrogens with zero attached hydrogens (tertiary/aromatic N) is 4. The number of thiophene rings is 1. The quantitative estimate of drug-likeness (QED) is 0.296. The highest BCUT2D eigenvalue weighted by atomic mass is 127. The molecule has 0 aromatic carbocycles. The number of rotatable bonds is 7. The van der Waals surface area contributed by atoms with Gasteiger partial charge in [-0.2, -0.15) is 11.3 Å². The van der Waals surface area contributed by atoms with E-state index in [0.29, 0.717) is 13.1 Å². The maximum atomic E-state index is 4.63. The number of halogens is 1. The Morgan fingerprint density at radius 2 is 2.17 bits per heavy atom. The molecule has 2 heterocycles. The smallest absolute Gasteiger partial charge is 0.191 e. The molecule has 0 saturated carbocycles. The van der Waals surface area contributed by atoms with Gasteiger partial charge in [0.15, 0.2) is 11.8 Å². The molecule has 0 aliphatic rings. The third-order valence-corrected chi connectivity index (χ3v) is 4.15. The molecule has 0 bridgehead atoms. The molecule has 128 valence electrons. The van der Waals surface area contributed by atoms with Crippen molar-refractivity contribution < 1.29 is 0 Å². The lowest BCUT2D eigenvalue weighted by molar-refractivity contribution is 0.695. The van der Waals surface area contributed by atoms with E-state index in [-0.39, 0.29) is 24.0 Å². The maximum Gasteiger partial charge on any atom is 0.191 e.